The zero-order valence-corrected chi connectivity index (χ0v) is 5.50. The largest absolute Gasteiger partial charge is 0.496 e. The molecular formula is C8H11NO. The summed E-state index contributed by atoms with van der Waals surface area (Å²) < 4.78 is 25.5. The molecule has 54 valence electrons. The second-order valence-corrected chi connectivity index (χ2v) is 1.91. The van der Waals surface area contributed by atoms with Crippen LogP contribution < -0.4 is 10.5 Å². The molecule has 0 aliphatic heterocycles. The molecule has 1 aromatic carbocycles. The van der Waals surface area contributed by atoms with Crippen molar-refractivity contribution in [3.8, 4) is 5.75 Å². The molecule has 0 fully saturated rings. The van der Waals surface area contributed by atoms with E-state index < -0.39 is 7.04 Å². The topological polar surface area (TPSA) is 35.2 Å². The van der Waals surface area contributed by atoms with Gasteiger partial charge in [0.15, 0.2) is 0 Å². The quantitative estimate of drug-likeness (QED) is 0.669. The molecule has 0 spiro atoms. The van der Waals surface area contributed by atoms with Gasteiger partial charge >= 0.3 is 0 Å². The first kappa shape index (κ1) is 3.98. The molecule has 2 heteroatoms. The first-order chi connectivity index (χ1) is 6.03. The Balaban J connectivity index is 2.87. The molecule has 0 saturated carbocycles. The summed E-state index contributed by atoms with van der Waals surface area (Å²) in [5.74, 6) is 0.324. The lowest BCUT2D eigenvalue weighted by molar-refractivity contribution is 0.410. The van der Waals surface area contributed by atoms with Crippen molar-refractivity contribution >= 4 is 0 Å². The van der Waals surface area contributed by atoms with E-state index in [1.165, 1.54) is 0 Å². The van der Waals surface area contributed by atoms with Gasteiger partial charge in [-0.2, -0.15) is 0 Å². The molecule has 0 atom stereocenters. The number of methoxy groups -OCH3 is 1. The molecule has 0 radical (unpaired) electrons. The Morgan fingerprint density at radius 2 is 2.40 bits per heavy atom. The first-order valence-electron chi connectivity index (χ1n) is 4.50. The van der Waals surface area contributed by atoms with Crippen LogP contribution in [-0.2, 0) is 6.54 Å². The van der Waals surface area contributed by atoms with Crippen molar-refractivity contribution in [1.29, 1.82) is 0 Å². The molecule has 10 heavy (non-hydrogen) atoms. The van der Waals surface area contributed by atoms with Crippen LogP contribution in [0.15, 0.2) is 24.3 Å². The monoisotopic (exact) mass is 140 g/mol. The van der Waals surface area contributed by atoms with Crippen LogP contribution in [0.25, 0.3) is 0 Å². The van der Waals surface area contributed by atoms with Crippen LogP contribution in [0.1, 0.15) is 9.68 Å². The van der Waals surface area contributed by atoms with Crippen LogP contribution in [0.4, 0.5) is 0 Å². The van der Waals surface area contributed by atoms with Crippen molar-refractivity contribution in [1.82, 2.24) is 0 Å². The summed E-state index contributed by atoms with van der Waals surface area (Å²) in [5, 5.41) is 0. The third-order valence-electron chi connectivity index (χ3n) is 1.30. The predicted octanol–water partition coefficient (Wildman–Crippen LogP) is 1.15. The summed E-state index contributed by atoms with van der Waals surface area (Å²) in [6.07, 6.45) is 0. The highest BCUT2D eigenvalue weighted by Gasteiger charge is 1.95. The summed E-state index contributed by atoms with van der Waals surface area (Å²) in [5.41, 5.74) is 6.10. The normalized spacial score (nSPS) is 15.1. The van der Waals surface area contributed by atoms with Crippen LogP contribution in [-0.4, -0.2) is 7.04 Å². The van der Waals surface area contributed by atoms with Gasteiger partial charge in [-0.3, -0.25) is 0 Å². The highest BCUT2D eigenvalue weighted by atomic mass is 16.5. The molecule has 0 heterocycles. The van der Waals surface area contributed by atoms with Crippen molar-refractivity contribution in [3.05, 3.63) is 29.8 Å². The lowest BCUT2D eigenvalue weighted by Crippen LogP contribution is -1.98. The molecule has 0 aliphatic carbocycles. The zero-order chi connectivity index (χ0) is 9.90. The lowest BCUT2D eigenvalue weighted by atomic mass is 10.2. The third kappa shape index (κ3) is 1.28. The predicted molar refractivity (Wildman–Crippen MR) is 40.9 cm³/mol. The Bertz CT molecular complexity index is 285. The first-order valence-corrected chi connectivity index (χ1v) is 3.00. The Morgan fingerprint density at radius 1 is 1.60 bits per heavy atom. The van der Waals surface area contributed by atoms with Gasteiger partial charge in [0.05, 0.1) is 11.2 Å². The lowest BCUT2D eigenvalue weighted by Gasteiger charge is -2.03. The van der Waals surface area contributed by atoms with Gasteiger partial charge in [0.2, 0.25) is 0 Å². The van der Waals surface area contributed by atoms with Gasteiger partial charge in [-0.05, 0) is 6.07 Å². The van der Waals surface area contributed by atoms with E-state index in [1.54, 1.807) is 24.3 Å². The Labute approximate surface area is 64.8 Å². The van der Waals surface area contributed by atoms with Crippen molar-refractivity contribution < 1.29 is 8.85 Å². The van der Waals surface area contributed by atoms with Crippen LogP contribution in [0.5, 0.6) is 5.75 Å². The molecular weight excluding hydrogens is 126 g/mol. The minimum atomic E-state index is -2.41. The summed E-state index contributed by atoms with van der Waals surface area (Å²) >= 11 is 0. The van der Waals surface area contributed by atoms with Crippen molar-refractivity contribution in [2.24, 2.45) is 5.73 Å². The molecule has 0 saturated heterocycles. The third-order valence-corrected chi connectivity index (χ3v) is 1.30. The fourth-order valence-corrected chi connectivity index (χ4v) is 0.772. The standard InChI is InChI=1S/C8H11NO/c1-10-8-5-3-2-4-7(8)6-9/h2-5H,6,9H2,1H3/i1D3. The van der Waals surface area contributed by atoms with Gasteiger partial charge in [0.25, 0.3) is 0 Å². The second-order valence-electron chi connectivity index (χ2n) is 1.91. The average molecular weight is 140 g/mol. The molecule has 0 aliphatic rings. The van der Waals surface area contributed by atoms with Crippen molar-refractivity contribution in [2.75, 3.05) is 7.04 Å². The van der Waals surface area contributed by atoms with Crippen LogP contribution >= 0.6 is 0 Å². The summed E-state index contributed by atoms with van der Waals surface area (Å²) in [6.45, 7) is 0.270. The number of hydrogen-bond acceptors (Lipinski definition) is 2. The van der Waals surface area contributed by atoms with E-state index in [-0.39, 0.29) is 6.54 Å². The molecule has 2 nitrogen and oxygen atoms in total. The molecule has 0 amide bonds. The Morgan fingerprint density at radius 3 is 3.10 bits per heavy atom. The van der Waals surface area contributed by atoms with Crippen LogP contribution in [0, 0.1) is 0 Å². The maximum absolute atomic E-state index is 6.91. The highest BCUT2D eigenvalue weighted by molar-refractivity contribution is 5.32. The maximum atomic E-state index is 6.91. The van der Waals surface area contributed by atoms with Crippen LogP contribution in [0.3, 0.4) is 0 Å². The minimum absolute atomic E-state index is 0.270. The molecule has 0 unspecified atom stereocenters. The van der Waals surface area contributed by atoms with E-state index in [9.17, 15) is 0 Å². The number of ether oxygens (including phenoxy) is 1. The van der Waals surface area contributed by atoms with E-state index in [4.69, 9.17) is 14.6 Å². The average Bonchev–Trinajstić information content (AvgIpc) is 2.02. The number of benzene rings is 1. The van der Waals surface area contributed by atoms with Gasteiger partial charge in [-0.1, -0.05) is 18.2 Å². The van der Waals surface area contributed by atoms with E-state index in [0.717, 1.165) is 0 Å². The van der Waals surface area contributed by atoms with Gasteiger partial charge in [0, 0.05) is 12.1 Å². The zero-order valence-electron chi connectivity index (χ0n) is 8.50. The summed E-state index contributed by atoms with van der Waals surface area (Å²) in [7, 11) is -2.41. The number of nitrogens with two attached hydrogens (primary N) is 1. The molecule has 2 N–H and O–H groups in total. The maximum Gasteiger partial charge on any atom is 0.123 e. The number of rotatable bonds is 2. The van der Waals surface area contributed by atoms with E-state index in [1.807, 2.05) is 0 Å². The van der Waals surface area contributed by atoms with Crippen molar-refractivity contribution in [2.45, 2.75) is 6.54 Å². The number of hydrogen-bond donors (Lipinski definition) is 1. The van der Waals surface area contributed by atoms with Crippen LogP contribution in [0.2, 0.25) is 0 Å². The Kier molecular flexibility index (Phi) is 1.28. The molecule has 0 aromatic heterocycles. The number of para-hydroxylation sites is 1. The van der Waals surface area contributed by atoms with E-state index in [0.29, 0.717) is 11.3 Å². The van der Waals surface area contributed by atoms with Gasteiger partial charge < -0.3 is 10.5 Å². The fraction of sp³-hybridized carbons (Fsp3) is 0.250. The highest BCUT2D eigenvalue weighted by Crippen LogP contribution is 2.15. The SMILES string of the molecule is [2H]C([2H])([2H])Oc1ccccc1CN. The minimum Gasteiger partial charge on any atom is -0.496 e. The van der Waals surface area contributed by atoms with E-state index >= 15 is 0 Å². The van der Waals surface area contributed by atoms with Gasteiger partial charge in [-0.15, -0.1) is 0 Å². The van der Waals surface area contributed by atoms with Gasteiger partial charge in [0.1, 0.15) is 5.75 Å². The molecule has 1 aromatic rings. The van der Waals surface area contributed by atoms with E-state index in [2.05, 4.69) is 0 Å². The molecule has 1 rings (SSSR count). The molecule has 0 bridgehead atoms. The summed E-state index contributed by atoms with van der Waals surface area (Å²) in [4.78, 5) is 0. The smallest absolute Gasteiger partial charge is 0.123 e. The second kappa shape index (κ2) is 3.22. The fourth-order valence-electron chi connectivity index (χ4n) is 0.772. The van der Waals surface area contributed by atoms with Crippen molar-refractivity contribution in [3.63, 3.8) is 0 Å². The van der Waals surface area contributed by atoms with Gasteiger partial charge in [-0.25, -0.2) is 0 Å². The Hall–Kier alpha value is -1.02. The summed E-state index contributed by atoms with van der Waals surface area (Å²) in [6, 6.07) is 6.82.